The lowest BCUT2D eigenvalue weighted by atomic mass is 10.0. The molecule has 0 aliphatic carbocycles. The quantitative estimate of drug-likeness (QED) is 0.168. The molecule has 0 saturated carbocycles. The van der Waals surface area contributed by atoms with Gasteiger partial charge in [-0.3, -0.25) is 0 Å². The summed E-state index contributed by atoms with van der Waals surface area (Å²) in [5, 5.41) is 7.40. The number of rotatable bonds is 6. The summed E-state index contributed by atoms with van der Waals surface area (Å²) in [6.45, 7) is 0. The lowest BCUT2D eigenvalue weighted by Gasteiger charge is -2.15. The SMILES string of the molecule is c1ccc(-c2cccc(-c3nc(-c4ccccc4)nc(-c4ccccc4-n4c5ccccc5c5ccc6c7ccc8c9ccccc9n(-c9ccccc9)c8c7sc6c54)n3)c2)cc1. The maximum Gasteiger partial charge on any atom is 0.166 e. The number of benzene rings is 9. The van der Waals surface area contributed by atoms with Crippen molar-refractivity contribution in [3.8, 4) is 56.7 Å². The summed E-state index contributed by atoms with van der Waals surface area (Å²) >= 11 is 1.89. The molecule has 0 aliphatic rings. The van der Waals surface area contributed by atoms with Crippen molar-refractivity contribution in [2.45, 2.75) is 0 Å². The van der Waals surface area contributed by atoms with E-state index in [0.717, 1.165) is 44.7 Å². The van der Waals surface area contributed by atoms with E-state index >= 15 is 0 Å². The third kappa shape index (κ3) is 5.59. The average Bonchev–Trinajstić information content (AvgIpc) is 4.03. The van der Waals surface area contributed by atoms with E-state index in [-0.39, 0.29) is 0 Å². The van der Waals surface area contributed by atoms with Gasteiger partial charge in [-0.15, -0.1) is 11.3 Å². The van der Waals surface area contributed by atoms with E-state index in [4.69, 9.17) is 15.0 Å². The molecular weight excluding hydrogens is 787 g/mol. The summed E-state index contributed by atoms with van der Waals surface area (Å²) in [4.78, 5) is 15.7. The van der Waals surface area contributed by atoms with Crippen LogP contribution in [0.3, 0.4) is 0 Å². The molecule has 6 heteroatoms. The summed E-state index contributed by atoms with van der Waals surface area (Å²) in [6, 6.07) is 75.3. The van der Waals surface area contributed by atoms with Crippen molar-refractivity contribution < 1.29 is 0 Å². The molecule has 0 unspecified atom stereocenters. The Balaban J connectivity index is 1.09. The molecule has 13 aromatic rings. The van der Waals surface area contributed by atoms with Crippen molar-refractivity contribution in [3.63, 3.8) is 0 Å². The van der Waals surface area contributed by atoms with Crippen LogP contribution in [0, 0.1) is 0 Å². The minimum absolute atomic E-state index is 0.614. The molecule has 0 bridgehead atoms. The zero-order valence-electron chi connectivity index (χ0n) is 33.9. The minimum atomic E-state index is 0.614. The van der Waals surface area contributed by atoms with Gasteiger partial charge in [-0.1, -0.05) is 170 Å². The maximum atomic E-state index is 5.32. The van der Waals surface area contributed by atoms with E-state index in [0.29, 0.717) is 17.5 Å². The van der Waals surface area contributed by atoms with Crippen LogP contribution in [0.2, 0.25) is 0 Å². The third-order valence-corrected chi connectivity index (χ3v) is 13.6. The Hall–Kier alpha value is -8.19. The molecule has 13 rings (SSSR count). The van der Waals surface area contributed by atoms with Crippen LogP contribution in [0.4, 0.5) is 0 Å². The number of para-hydroxylation sites is 4. The van der Waals surface area contributed by atoms with E-state index in [2.05, 4.69) is 197 Å². The first-order valence-corrected chi connectivity index (χ1v) is 22.0. The highest BCUT2D eigenvalue weighted by molar-refractivity contribution is 7.27. The van der Waals surface area contributed by atoms with Gasteiger partial charge in [0.15, 0.2) is 17.5 Å². The fourth-order valence-corrected chi connectivity index (χ4v) is 10.9. The monoisotopic (exact) mass is 821 g/mol. The number of hydrogen-bond donors (Lipinski definition) is 0. The molecule has 0 radical (unpaired) electrons. The van der Waals surface area contributed by atoms with E-state index in [1.54, 1.807) is 0 Å². The van der Waals surface area contributed by atoms with Gasteiger partial charge in [0, 0.05) is 54.7 Å². The van der Waals surface area contributed by atoms with E-state index in [1.165, 1.54) is 58.3 Å². The third-order valence-electron chi connectivity index (χ3n) is 12.4. The summed E-state index contributed by atoms with van der Waals surface area (Å²) < 4.78 is 7.41. The van der Waals surface area contributed by atoms with Gasteiger partial charge in [-0.05, 0) is 53.6 Å². The fourth-order valence-electron chi connectivity index (χ4n) is 9.55. The molecule has 4 aromatic heterocycles. The lowest BCUT2D eigenvalue weighted by molar-refractivity contribution is 1.06. The smallest absolute Gasteiger partial charge is 0.166 e. The van der Waals surface area contributed by atoms with Crippen LogP contribution in [0.1, 0.15) is 0 Å². The lowest BCUT2D eigenvalue weighted by Crippen LogP contribution is -2.03. The summed E-state index contributed by atoms with van der Waals surface area (Å²) in [5.74, 6) is 1.86. The van der Waals surface area contributed by atoms with Gasteiger partial charge >= 0.3 is 0 Å². The molecule has 9 aromatic carbocycles. The van der Waals surface area contributed by atoms with Gasteiger partial charge in [-0.25, -0.2) is 15.0 Å². The molecule has 0 spiro atoms. The van der Waals surface area contributed by atoms with Gasteiger partial charge in [0.2, 0.25) is 0 Å². The number of hydrogen-bond acceptors (Lipinski definition) is 4. The molecule has 0 N–H and O–H groups in total. The number of thiophene rings is 1. The molecule has 0 atom stereocenters. The molecule has 63 heavy (non-hydrogen) atoms. The second-order valence-electron chi connectivity index (χ2n) is 16.0. The van der Waals surface area contributed by atoms with Crippen molar-refractivity contribution in [2.24, 2.45) is 0 Å². The zero-order chi connectivity index (χ0) is 41.4. The van der Waals surface area contributed by atoms with Crippen molar-refractivity contribution >= 4 is 75.1 Å². The van der Waals surface area contributed by atoms with Crippen LogP contribution >= 0.6 is 11.3 Å². The standard InChI is InChI=1S/C57H35N5S/c1-4-17-36(18-5-1)38-21-16-22-39(35-38)56-58-55(37-19-6-2-7-20-37)59-57(60-56)47-27-12-15-30-50(47)62-49-29-14-11-26-42(49)44-32-34-46-45-33-31-43-41-25-10-13-28-48(41)61(40-23-8-3-9-24-40)51(43)53(45)63-54(46)52(44)62/h1-35H. The Kier molecular flexibility index (Phi) is 8.01. The largest absolute Gasteiger partial charge is 0.308 e. The topological polar surface area (TPSA) is 48.5 Å². The summed E-state index contributed by atoms with van der Waals surface area (Å²) in [6.07, 6.45) is 0. The molecule has 0 amide bonds. The van der Waals surface area contributed by atoms with Crippen molar-refractivity contribution in [2.75, 3.05) is 0 Å². The van der Waals surface area contributed by atoms with Crippen molar-refractivity contribution in [1.29, 1.82) is 0 Å². The Morgan fingerprint density at radius 2 is 0.794 bits per heavy atom. The van der Waals surface area contributed by atoms with E-state index < -0.39 is 0 Å². The van der Waals surface area contributed by atoms with Gasteiger partial charge < -0.3 is 9.13 Å². The van der Waals surface area contributed by atoms with Crippen LogP contribution in [0.5, 0.6) is 0 Å². The molecular formula is C57H35N5S. The van der Waals surface area contributed by atoms with Crippen LogP contribution in [-0.2, 0) is 0 Å². The number of aromatic nitrogens is 5. The number of fused-ring (bicyclic) bond motifs is 11. The molecule has 294 valence electrons. The molecule has 0 aliphatic heterocycles. The fraction of sp³-hybridized carbons (Fsp3) is 0. The highest BCUT2D eigenvalue weighted by Gasteiger charge is 2.24. The van der Waals surface area contributed by atoms with Crippen LogP contribution < -0.4 is 0 Å². The van der Waals surface area contributed by atoms with Gasteiger partial charge in [0.1, 0.15) is 0 Å². The van der Waals surface area contributed by atoms with Crippen LogP contribution in [0.25, 0.3) is 120 Å². The predicted octanol–water partition coefficient (Wildman–Crippen LogP) is 15.1. The average molecular weight is 822 g/mol. The molecule has 0 fully saturated rings. The first-order valence-electron chi connectivity index (χ1n) is 21.2. The molecule has 0 saturated heterocycles. The summed E-state index contributed by atoms with van der Waals surface area (Å²) in [7, 11) is 0. The van der Waals surface area contributed by atoms with Crippen LogP contribution in [0.15, 0.2) is 212 Å². The number of nitrogens with zero attached hydrogens (tertiary/aromatic N) is 5. The van der Waals surface area contributed by atoms with Crippen molar-refractivity contribution in [1.82, 2.24) is 24.1 Å². The minimum Gasteiger partial charge on any atom is -0.308 e. The highest BCUT2D eigenvalue weighted by Crippen LogP contribution is 2.47. The van der Waals surface area contributed by atoms with Gasteiger partial charge in [-0.2, -0.15) is 0 Å². The van der Waals surface area contributed by atoms with Gasteiger partial charge in [0.05, 0.1) is 37.2 Å². The normalized spacial score (nSPS) is 11.8. The first kappa shape index (κ1) is 35.6. The Morgan fingerprint density at radius 3 is 1.48 bits per heavy atom. The Bertz CT molecular complexity index is 3900. The maximum absolute atomic E-state index is 5.32. The second kappa shape index (κ2) is 14.2. The first-order chi connectivity index (χ1) is 31.3. The molecule has 5 nitrogen and oxygen atoms in total. The zero-order valence-corrected chi connectivity index (χ0v) is 34.7. The predicted molar refractivity (Wildman–Crippen MR) is 263 cm³/mol. The van der Waals surface area contributed by atoms with Gasteiger partial charge in [0.25, 0.3) is 0 Å². The van der Waals surface area contributed by atoms with E-state index in [1.807, 2.05) is 35.6 Å². The summed E-state index contributed by atoms with van der Waals surface area (Å²) in [5.41, 5.74) is 11.9. The van der Waals surface area contributed by atoms with E-state index in [9.17, 15) is 0 Å². The second-order valence-corrected chi connectivity index (χ2v) is 17.0. The van der Waals surface area contributed by atoms with Crippen molar-refractivity contribution in [3.05, 3.63) is 212 Å². The Labute approximate surface area is 366 Å². The highest BCUT2D eigenvalue weighted by atomic mass is 32.1. The van der Waals surface area contributed by atoms with Crippen LogP contribution in [-0.4, -0.2) is 24.1 Å². The molecule has 4 heterocycles. The Morgan fingerprint density at radius 1 is 0.317 bits per heavy atom.